The summed E-state index contributed by atoms with van der Waals surface area (Å²) in [5.74, 6) is 1.18. The van der Waals surface area contributed by atoms with Crippen molar-refractivity contribution < 1.29 is 9.47 Å². The highest BCUT2D eigenvalue weighted by molar-refractivity contribution is 5.20. The second-order valence-electron chi connectivity index (χ2n) is 3.90. The van der Waals surface area contributed by atoms with Crippen LogP contribution in [0.15, 0.2) is 18.3 Å². The molecule has 1 aromatic heterocycles. The molecular formula is C12H20N2O2. The first-order valence-electron chi connectivity index (χ1n) is 5.44. The zero-order chi connectivity index (χ0) is 11.8. The van der Waals surface area contributed by atoms with Crippen LogP contribution in [0.4, 0.5) is 0 Å². The van der Waals surface area contributed by atoms with Crippen molar-refractivity contribution in [3.63, 3.8) is 0 Å². The molecular weight excluding hydrogens is 204 g/mol. The van der Waals surface area contributed by atoms with E-state index in [1.54, 1.807) is 20.4 Å². The molecule has 4 nitrogen and oxygen atoms in total. The van der Waals surface area contributed by atoms with Crippen LogP contribution in [0.25, 0.3) is 0 Å². The number of ether oxygens (including phenoxy) is 2. The SMILES string of the molecule is COCC(C)CNCc1ccnc(OC)c1. The van der Waals surface area contributed by atoms with E-state index >= 15 is 0 Å². The molecule has 0 spiro atoms. The third kappa shape index (κ3) is 4.59. The number of nitrogens with one attached hydrogen (secondary N) is 1. The first kappa shape index (κ1) is 12.9. The van der Waals surface area contributed by atoms with Crippen molar-refractivity contribution in [2.75, 3.05) is 27.4 Å². The van der Waals surface area contributed by atoms with Gasteiger partial charge in [-0.25, -0.2) is 4.98 Å². The molecule has 1 unspecified atom stereocenters. The Morgan fingerprint density at radius 2 is 2.25 bits per heavy atom. The molecule has 0 bridgehead atoms. The average Bonchev–Trinajstić information content (AvgIpc) is 2.30. The number of aromatic nitrogens is 1. The standard InChI is InChI=1S/C12H20N2O2/c1-10(9-15-2)7-13-8-11-4-5-14-12(6-11)16-3/h4-6,10,13H,7-9H2,1-3H3. The molecule has 0 fully saturated rings. The normalized spacial score (nSPS) is 12.4. The van der Waals surface area contributed by atoms with E-state index in [0.717, 1.165) is 19.7 Å². The highest BCUT2D eigenvalue weighted by Crippen LogP contribution is 2.08. The van der Waals surface area contributed by atoms with E-state index in [1.165, 1.54) is 5.56 Å². The van der Waals surface area contributed by atoms with Crippen LogP contribution >= 0.6 is 0 Å². The molecule has 0 aromatic carbocycles. The fourth-order valence-electron chi connectivity index (χ4n) is 1.48. The van der Waals surface area contributed by atoms with Gasteiger partial charge in [0.05, 0.1) is 7.11 Å². The number of pyridine rings is 1. The van der Waals surface area contributed by atoms with Crippen LogP contribution in [0.3, 0.4) is 0 Å². The van der Waals surface area contributed by atoms with Gasteiger partial charge in [-0.05, 0) is 17.5 Å². The van der Waals surface area contributed by atoms with E-state index in [1.807, 2.05) is 12.1 Å². The first-order valence-corrected chi connectivity index (χ1v) is 5.44. The van der Waals surface area contributed by atoms with E-state index in [-0.39, 0.29) is 0 Å². The predicted octanol–water partition coefficient (Wildman–Crippen LogP) is 1.46. The number of rotatable bonds is 7. The van der Waals surface area contributed by atoms with E-state index in [0.29, 0.717) is 11.8 Å². The summed E-state index contributed by atoms with van der Waals surface area (Å²) in [7, 11) is 3.35. The quantitative estimate of drug-likeness (QED) is 0.761. The lowest BCUT2D eigenvalue weighted by atomic mass is 10.2. The fourth-order valence-corrected chi connectivity index (χ4v) is 1.48. The highest BCUT2D eigenvalue weighted by Gasteiger charge is 2.01. The van der Waals surface area contributed by atoms with Crippen LogP contribution in [0.5, 0.6) is 5.88 Å². The Hall–Kier alpha value is -1.13. The van der Waals surface area contributed by atoms with Gasteiger partial charge in [0.2, 0.25) is 5.88 Å². The van der Waals surface area contributed by atoms with Gasteiger partial charge in [-0.2, -0.15) is 0 Å². The molecule has 0 aliphatic rings. The van der Waals surface area contributed by atoms with Gasteiger partial charge in [-0.3, -0.25) is 0 Å². The van der Waals surface area contributed by atoms with Crippen molar-refractivity contribution in [3.05, 3.63) is 23.9 Å². The molecule has 1 aromatic rings. The Morgan fingerprint density at radius 1 is 1.44 bits per heavy atom. The van der Waals surface area contributed by atoms with Crippen molar-refractivity contribution in [3.8, 4) is 5.88 Å². The summed E-state index contributed by atoms with van der Waals surface area (Å²) in [5, 5.41) is 3.37. The lowest BCUT2D eigenvalue weighted by Gasteiger charge is -2.11. The molecule has 90 valence electrons. The van der Waals surface area contributed by atoms with Crippen LogP contribution in [-0.4, -0.2) is 32.4 Å². The molecule has 1 rings (SSSR count). The third-order valence-corrected chi connectivity index (χ3v) is 2.28. The summed E-state index contributed by atoms with van der Waals surface area (Å²) in [6, 6.07) is 3.92. The van der Waals surface area contributed by atoms with Gasteiger partial charge in [0.15, 0.2) is 0 Å². The summed E-state index contributed by atoms with van der Waals surface area (Å²) in [6.07, 6.45) is 1.76. The van der Waals surface area contributed by atoms with Crippen molar-refractivity contribution in [2.24, 2.45) is 5.92 Å². The molecule has 0 aliphatic heterocycles. The number of nitrogens with zero attached hydrogens (tertiary/aromatic N) is 1. The Kier molecular flexibility index (Phi) is 5.82. The van der Waals surface area contributed by atoms with E-state index in [9.17, 15) is 0 Å². The second kappa shape index (κ2) is 7.19. The van der Waals surface area contributed by atoms with Crippen molar-refractivity contribution in [2.45, 2.75) is 13.5 Å². The van der Waals surface area contributed by atoms with Crippen LogP contribution < -0.4 is 10.1 Å². The Balaban J connectivity index is 2.31. The van der Waals surface area contributed by atoms with Crippen molar-refractivity contribution in [1.82, 2.24) is 10.3 Å². The lowest BCUT2D eigenvalue weighted by molar-refractivity contribution is 0.158. The van der Waals surface area contributed by atoms with Crippen LogP contribution in [0.2, 0.25) is 0 Å². The predicted molar refractivity (Wildman–Crippen MR) is 63.5 cm³/mol. The maximum absolute atomic E-state index is 5.07. The molecule has 1 atom stereocenters. The lowest BCUT2D eigenvalue weighted by Crippen LogP contribution is -2.23. The average molecular weight is 224 g/mol. The van der Waals surface area contributed by atoms with Gasteiger partial charge in [0.1, 0.15) is 0 Å². The molecule has 16 heavy (non-hydrogen) atoms. The summed E-state index contributed by atoms with van der Waals surface area (Å²) >= 11 is 0. The molecule has 0 saturated heterocycles. The van der Waals surface area contributed by atoms with Gasteiger partial charge in [-0.15, -0.1) is 0 Å². The Bertz CT molecular complexity index is 305. The second-order valence-corrected chi connectivity index (χ2v) is 3.90. The molecule has 0 saturated carbocycles. The first-order chi connectivity index (χ1) is 7.76. The van der Waals surface area contributed by atoms with Gasteiger partial charge in [-0.1, -0.05) is 6.92 Å². The highest BCUT2D eigenvalue weighted by atomic mass is 16.5. The Morgan fingerprint density at radius 3 is 2.94 bits per heavy atom. The number of hydrogen-bond donors (Lipinski definition) is 1. The number of hydrogen-bond acceptors (Lipinski definition) is 4. The molecule has 0 radical (unpaired) electrons. The summed E-state index contributed by atoms with van der Waals surface area (Å²) in [4.78, 5) is 4.06. The van der Waals surface area contributed by atoms with E-state index in [4.69, 9.17) is 9.47 Å². The minimum Gasteiger partial charge on any atom is -0.481 e. The third-order valence-electron chi connectivity index (χ3n) is 2.28. The topological polar surface area (TPSA) is 43.4 Å². The minimum atomic E-state index is 0.522. The maximum Gasteiger partial charge on any atom is 0.213 e. The van der Waals surface area contributed by atoms with Gasteiger partial charge in [0, 0.05) is 39.1 Å². The summed E-state index contributed by atoms with van der Waals surface area (Å²) < 4.78 is 10.1. The zero-order valence-electron chi connectivity index (χ0n) is 10.2. The Labute approximate surface area is 97.0 Å². The monoisotopic (exact) mass is 224 g/mol. The van der Waals surface area contributed by atoms with Gasteiger partial charge >= 0.3 is 0 Å². The molecule has 1 N–H and O–H groups in total. The number of methoxy groups -OCH3 is 2. The maximum atomic E-state index is 5.07. The fraction of sp³-hybridized carbons (Fsp3) is 0.583. The molecule has 4 heteroatoms. The summed E-state index contributed by atoms with van der Waals surface area (Å²) in [6.45, 7) is 4.71. The van der Waals surface area contributed by atoms with Crippen LogP contribution in [0, 0.1) is 5.92 Å². The van der Waals surface area contributed by atoms with Gasteiger partial charge in [0.25, 0.3) is 0 Å². The molecule has 0 amide bonds. The van der Waals surface area contributed by atoms with Gasteiger partial charge < -0.3 is 14.8 Å². The van der Waals surface area contributed by atoms with Crippen LogP contribution in [-0.2, 0) is 11.3 Å². The van der Waals surface area contributed by atoms with E-state index in [2.05, 4.69) is 17.2 Å². The van der Waals surface area contributed by atoms with Crippen molar-refractivity contribution in [1.29, 1.82) is 0 Å². The summed E-state index contributed by atoms with van der Waals surface area (Å²) in [5.41, 5.74) is 1.18. The minimum absolute atomic E-state index is 0.522. The molecule has 1 heterocycles. The smallest absolute Gasteiger partial charge is 0.213 e. The zero-order valence-corrected chi connectivity index (χ0v) is 10.2. The molecule has 0 aliphatic carbocycles. The van der Waals surface area contributed by atoms with Crippen LogP contribution in [0.1, 0.15) is 12.5 Å². The van der Waals surface area contributed by atoms with Crippen molar-refractivity contribution >= 4 is 0 Å². The van der Waals surface area contributed by atoms with E-state index < -0.39 is 0 Å². The largest absolute Gasteiger partial charge is 0.481 e.